The third-order valence-corrected chi connectivity index (χ3v) is 2.51. The Balaban J connectivity index is 2.89. The smallest absolute Gasteiger partial charge is 0.174 e. The van der Waals surface area contributed by atoms with Gasteiger partial charge in [0.1, 0.15) is 11.8 Å². The highest BCUT2D eigenvalue weighted by atomic mass is 79.9. The van der Waals surface area contributed by atoms with Crippen LogP contribution in [0.15, 0.2) is 18.2 Å². The Hall–Kier alpha value is -0.720. The van der Waals surface area contributed by atoms with E-state index in [-0.39, 0.29) is 6.61 Å². The molecule has 0 saturated heterocycles. The van der Waals surface area contributed by atoms with Gasteiger partial charge in [0.15, 0.2) is 6.61 Å². The number of benzene rings is 1. The summed E-state index contributed by atoms with van der Waals surface area (Å²) in [7, 11) is 0. The Morgan fingerprint density at radius 2 is 2.31 bits per heavy atom. The minimum absolute atomic E-state index is 0.0193. The first-order valence-electron chi connectivity index (χ1n) is 3.62. The summed E-state index contributed by atoms with van der Waals surface area (Å²) in [5.74, 6) is 0.556. The van der Waals surface area contributed by atoms with Crippen molar-refractivity contribution in [1.29, 1.82) is 5.26 Å². The molecule has 68 valence electrons. The zero-order valence-corrected chi connectivity index (χ0v) is 9.10. The highest BCUT2D eigenvalue weighted by Crippen LogP contribution is 2.29. The summed E-state index contributed by atoms with van der Waals surface area (Å²) < 4.78 is 5.11. The maximum Gasteiger partial charge on any atom is 0.174 e. The summed E-state index contributed by atoms with van der Waals surface area (Å²) in [5.41, 5.74) is 0.956. The van der Waals surface area contributed by atoms with Crippen LogP contribution in [0.25, 0.3) is 0 Å². The molecule has 4 heteroatoms. The number of nitriles is 1. The van der Waals surface area contributed by atoms with Crippen LogP contribution in [0.2, 0.25) is 5.02 Å². The Bertz CT molecular complexity index is 335. The first kappa shape index (κ1) is 10.4. The maximum atomic E-state index is 8.32. The first-order chi connectivity index (χ1) is 6.29. The topological polar surface area (TPSA) is 33.0 Å². The van der Waals surface area contributed by atoms with Crippen molar-refractivity contribution >= 4 is 27.5 Å². The molecule has 0 N–H and O–H groups in total. The summed E-state index contributed by atoms with van der Waals surface area (Å²) >= 11 is 9.29. The third kappa shape index (κ3) is 2.61. The minimum Gasteiger partial charge on any atom is -0.477 e. The lowest BCUT2D eigenvalue weighted by molar-refractivity contribution is 0.368. The predicted octanol–water partition coefficient (Wildman–Crippen LogP) is 3.14. The van der Waals surface area contributed by atoms with Gasteiger partial charge in [-0.05, 0) is 11.6 Å². The van der Waals surface area contributed by atoms with Crippen molar-refractivity contribution < 1.29 is 4.74 Å². The maximum absolute atomic E-state index is 8.32. The summed E-state index contributed by atoms with van der Waals surface area (Å²) in [4.78, 5) is 0. The van der Waals surface area contributed by atoms with Crippen LogP contribution in [-0.2, 0) is 5.33 Å². The molecule has 1 aromatic carbocycles. The SMILES string of the molecule is N#CCOc1cccc(CBr)c1Cl. The van der Waals surface area contributed by atoms with Gasteiger partial charge in [0.05, 0.1) is 5.02 Å². The van der Waals surface area contributed by atoms with E-state index in [0.29, 0.717) is 16.1 Å². The quantitative estimate of drug-likeness (QED) is 0.782. The van der Waals surface area contributed by atoms with Gasteiger partial charge < -0.3 is 4.74 Å². The average Bonchev–Trinajstić information content (AvgIpc) is 2.16. The fourth-order valence-corrected chi connectivity index (χ4v) is 1.76. The van der Waals surface area contributed by atoms with Crippen LogP contribution in [0, 0.1) is 11.3 Å². The Morgan fingerprint density at radius 1 is 1.54 bits per heavy atom. The molecule has 0 heterocycles. The number of ether oxygens (including phenoxy) is 1. The molecule has 0 amide bonds. The van der Waals surface area contributed by atoms with Crippen molar-refractivity contribution in [1.82, 2.24) is 0 Å². The molecule has 0 radical (unpaired) electrons. The number of alkyl halides is 1. The molecule has 0 aliphatic heterocycles. The van der Waals surface area contributed by atoms with Gasteiger partial charge in [-0.25, -0.2) is 0 Å². The van der Waals surface area contributed by atoms with Gasteiger partial charge >= 0.3 is 0 Å². The van der Waals surface area contributed by atoms with E-state index >= 15 is 0 Å². The zero-order chi connectivity index (χ0) is 9.68. The number of hydrogen-bond donors (Lipinski definition) is 0. The minimum atomic E-state index is 0.0193. The van der Waals surface area contributed by atoms with Crippen LogP contribution in [0.5, 0.6) is 5.75 Å². The Morgan fingerprint density at radius 3 is 2.92 bits per heavy atom. The van der Waals surface area contributed by atoms with E-state index in [1.807, 2.05) is 18.2 Å². The molecule has 0 unspecified atom stereocenters. The van der Waals surface area contributed by atoms with Crippen LogP contribution < -0.4 is 4.74 Å². The molecule has 0 aliphatic rings. The fourth-order valence-electron chi connectivity index (χ4n) is 0.881. The van der Waals surface area contributed by atoms with Crippen LogP contribution in [-0.4, -0.2) is 6.61 Å². The van der Waals surface area contributed by atoms with Crippen LogP contribution in [0.1, 0.15) is 5.56 Å². The fraction of sp³-hybridized carbons (Fsp3) is 0.222. The van der Waals surface area contributed by atoms with E-state index in [0.717, 1.165) is 5.56 Å². The predicted molar refractivity (Wildman–Crippen MR) is 55.2 cm³/mol. The van der Waals surface area contributed by atoms with Gasteiger partial charge in [-0.1, -0.05) is 39.7 Å². The van der Waals surface area contributed by atoms with Crippen molar-refractivity contribution in [2.24, 2.45) is 0 Å². The van der Waals surface area contributed by atoms with E-state index in [9.17, 15) is 0 Å². The van der Waals surface area contributed by atoms with Gasteiger partial charge in [-0.15, -0.1) is 0 Å². The van der Waals surface area contributed by atoms with Crippen molar-refractivity contribution in [2.75, 3.05) is 6.61 Å². The highest BCUT2D eigenvalue weighted by Gasteiger charge is 2.05. The number of hydrogen-bond acceptors (Lipinski definition) is 2. The molecule has 2 nitrogen and oxygen atoms in total. The van der Waals surface area contributed by atoms with Gasteiger partial charge in [0.25, 0.3) is 0 Å². The van der Waals surface area contributed by atoms with Crippen LogP contribution >= 0.6 is 27.5 Å². The summed E-state index contributed by atoms with van der Waals surface area (Å²) in [6, 6.07) is 7.37. The lowest BCUT2D eigenvalue weighted by Gasteiger charge is -2.06. The van der Waals surface area contributed by atoms with E-state index in [2.05, 4.69) is 15.9 Å². The van der Waals surface area contributed by atoms with Gasteiger partial charge in [-0.2, -0.15) is 5.26 Å². The number of nitrogens with zero attached hydrogens (tertiary/aromatic N) is 1. The molecule has 1 rings (SSSR count). The summed E-state index contributed by atoms with van der Waals surface area (Å²) in [6.45, 7) is 0.0193. The third-order valence-electron chi connectivity index (χ3n) is 1.48. The second-order valence-corrected chi connectivity index (χ2v) is 3.25. The molecule has 0 bridgehead atoms. The molecule has 1 aromatic rings. The zero-order valence-electron chi connectivity index (χ0n) is 6.76. The molecule has 0 atom stereocenters. The normalized spacial score (nSPS) is 9.31. The van der Waals surface area contributed by atoms with Gasteiger partial charge in [0, 0.05) is 5.33 Å². The molecular formula is C9H7BrClNO. The molecule has 13 heavy (non-hydrogen) atoms. The first-order valence-corrected chi connectivity index (χ1v) is 5.12. The summed E-state index contributed by atoms with van der Waals surface area (Å²) in [5, 5.41) is 9.56. The lowest BCUT2D eigenvalue weighted by atomic mass is 10.2. The van der Waals surface area contributed by atoms with E-state index in [4.69, 9.17) is 21.6 Å². The molecule has 0 aromatic heterocycles. The molecule has 0 aliphatic carbocycles. The highest BCUT2D eigenvalue weighted by molar-refractivity contribution is 9.08. The van der Waals surface area contributed by atoms with Gasteiger partial charge in [-0.3, -0.25) is 0 Å². The van der Waals surface area contributed by atoms with Crippen molar-refractivity contribution in [3.63, 3.8) is 0 Å². The van der Waals surface area contributed by atoms with Crippen molar-refractivity contribution in [3.05, 3.63) is 28.8 Å². The summed E-state index contributed by atoms with van der Waals surface area (Å²) in [6.07, 6.45) is 0. The average molecular weight is 261 g/mol. The lowest BCUT2D eigenvalue weighted by Crippen LogP contribution is -1.95. The van der Waals surface area contributed by atoms with Crippen LogP contribution in [0.3, 0.4) is 0 Å². The van der Waals surface area contributed by atoms with Crippen LogP contribution in [0.4, 0.5) is 0 Å². The van der Waals surface area contributed by atoms with E-state index in [1.54, 1.807) is 6.07 Å². The van der Waals surface area contributed by atoms with Gasteiger partial charge in [0.2, 0.25) is 0 Å². The number of halogens is 2. The molecule has 0 saturated carbocycles. The Kier molecular flexibility index (Phi) is 4.07. The molecule has 0 spiro atoms. The standard InChI is InChI=1S/C9H7BrClNO/c10-6-7-2-1-3-8(9(7)11)13-5-4-12/h1-3H,5-6H2. The van der Waals surface area contributed by atoms with E-state index in [1.165, 1.54) is 0 Å². The molecular weight excluding hydrogens is 253 g/mol. The monoisotopic (exact) mass is 259 g/mol. The second kappa shape index (κ2) is 5.11. The van der Waals surface area contributed by atoms with E-state index < -0.39 is 0 Å². The van der Waals surface area contributed by atoms with Crippen molar-refractivity contribution in [2.45, 2.75) is 5.33 Å². The van der Waals surface area contributed by atoms with Crippen molar-refractivity contribution in [3.8, 4) is 11.8 Å². The largest absolute Gasteiger partial charge is 0.477 e. The Labute approximate surface area is 90.2 Å². The molecule has 0 fully saturated rings. The number of rotatable bonds is 3. The second-order valence-electron chi connectivity index (χ2n) is 2.31.